The maximum absolute atomic E-state index is 12.5. The highest BCUT2D eigenvalue weighted by atomic mass is 16.5. The first-order valence-corrected chi connectivity index (χ1v) is 9.46. The number of carbonyl (C=O) groups is 1. The summed E-state index contributed by atoms with van der Waals surface area (Å²) in [5, 5.41) is 0. The molecular weight excluding hydrogens is 330 g/mol. The third-order valence-corrected chi connectivity index (χ3v) is 5.72. The summed E-state index contributed by atoms with van der Waals surface area (Å²) < 4.78 is 10.7. The van der Waals surface area contributed by atoms with Crippen molar-refractivity contribution in [1.29, 1.82) is 0 Å². The van der Waals surface area contributed by atoms with Crippen LogP contribution in [-0.2, 0) is 11.2 Å². The molecule has 2 N–H and O–H groups in total. The molecule has 0 spiro atoms. The molecule has 144 valence electrons. The fraction of sp³-hybridized carbons (Fsp3) is 0.650. The Bertz CT molecular complexity index is 645. The van der Waals surface area contributed by atoms with Crippen LogP contribution in [0.3, 0.4) is 0 Å². The number of rotatable bonds is 7. The first-order valence-electron chi connectivity index (χ1n) is 9.46. The van der Waals surface area contributed by atoms with Crippen LogP contribution in [0.25, 0.3) is 0 Å². The number of piperidine rings is 1. The fourth-order valence-electron chi connectivity index (χ4n) is 3.69. The molecule has 0 bridgehead atoms. The van der Waals surface area contributed by atoms with Crippen LogP contribution >= 0.6 is 0 Å². The summed E-state index contributed by atoms with van der Waals surface area (Å²) in [6.45, 7) is 2.58. The van der Waals surface area contributed by atoms with Crippen molar-refractivity contribution in [2.24, 2.45) is 5.73 Å². The van der Waals surface area contributed by atoms with E-state index in [1.165, 1.54) is 5.56 Å². The lowest BCUT2D eigenvalue weighted by atomic mass is 10.0. The molecule has 1 saturated heterocycles. The predicted octanol–water partition coefficient (Wildman–Crippen LogP) is 1.66. The van der Waals surface area contributed by atoms with Gasteiger partial charge < -0.3 is 25.0 Å². The van der Waals surface area contributed by atoms with Crippen LogP contribution in [0.2, 0.25) is 0 Å². The quantitative estimate of drug-likeness (QED) is 0.800. The van der Waals surface area contributed by atoms with E-state index < -0.39 is 5.54 Å². The van der Waals surface area contributed by atoms with E-state index in [0.29, 0.717) is 6.04 Å². The van der Waals surface area contributed by atoms with Gasteiger partial charge in [0.25, 0.3) is 0 Å². The van der Waals surface area contributed by atoms with Gasteiger partial charge in [-0.3, -0.25) is 4.79 Å². The van der Waals surface area contributed by atoms with Gasteiger partial charge in [-0.05, 0) is 56.8 Å². The second-order valence-corrected chi connectivity index (χ2v) is 7.62. The molecule has 0 aromatic heterocycles. The summed E-state index contributed by atoms with van der Waals surface area (Å²) in [5.41, 5.74) is 6.77. The summed E-state index contributed by atoms with van der Waals surface area (Å²) in [4.78, 5) is 16.9. The van der Waals surface area contributed by atoms with Crippen molar-refractivity contribution in [1.82, 2.24) is 9.80 Å². The van der Waals surface area contributed by atoms with Gasteiger partial charge in [0.1, 0.15) is 0 Å². The Morgan fingerprint density at radius 2 is 2.04 bits per heavy atom. The van der Waals surface area contributed by atoms with Gasteiger partial charge in [0, 0.05) is 25.7 Å². The number of carbonyl (C=O) groups excluding carboxylic acids is 1. The third kappa shape index (κ3) is 4.13. The maximum Gasteiger partial charge on any atom is 0.242 e. The van der Waals surface area contributed by atoms with Gasteiger partial charge in [0.05, 0.1) is 19.8 Å². The van der Waals surface area contributed by atoms with Crippen molar-refractivity contribution >= 4 is 5.91 Å². The highest BCUT2D eigenvalue weighted by molar-refractivity contribution is 5.89. The summed E-state index contributed by atoms with van der Waals surface area (Å²) in [7, 11) is 5.45. The molecule has 6 heteroatoms. The standard InChI is InChI=1S/C20H31N3O3/c1-22(12-8-15-6-7-17(25-2)18(13-15)26-3)16-5-4-11-23(14-16)19(24)20(21)9-10-20/h6-7,13,16H,4-5,8-12,14,21H2,1-3H3/t16-/m1/s1. The van der Waals surface area contributed by atoms with Crippen LogP contribution in [0.4, 0.5) is 0 Å². The number of nitrogens with zero attached hydrogens (tertiary/aromatic N) is 2. The first-order chi connectivity index (χ1) is 12.5. The van der Waals surface area contributed by atoms with E-state index in [9.17, 15) is 4.79 Å². The minimum Gasteiger partial charge on any atom is -0.493 e. The highest BCUT2D eigenvalue weighted by Gasteiger charge is 2.48. The topological polar surface area (TPSA) is 68.0 Å². The summed E-state index contributed by atoms with van der Waals surface area (Å²) >= 11 is 0. The molecule has 26 heavy (non-hydrogen) atoms. The lowest BCUT2D eigenvalue weighted by Crippen LogP contribution is -2.54. The van der Waals surface area contributed by atoms with Crippen molar-refractivity contribution in [3.63, 3.8) is 0 Å². The van der Waals surface area contributed by atoms with Gasteiger partial charge in [-0.2, -0.15) is 0 Å². The number of methoxy groups -OCH3 is 2. The maximum atomic E-state index is 12.5. The van der Waals surface area contributed by atoms with Crippen molar-refractivity contribution in [2.45, 2.75) is 43.7 Å². The van der Waals surface area contributed by atoms with E-state index in [1.54, 1.807) is 14.2 Å². The van der Waals surface area contributed by atoms with Gasteiger partial charge in [-0.15, -0.1) is 0 Å². The molecule has 3 rings (SSSR count). The number of hydrogen-bond acceptors (Lipinski definition) is 5. The molecular formula is C20H31N3O3. The van der Waals surface area contributed by atoms with Gasteiger partial charge >= 0.3 is 0 Å². The number of likely N-dealkylation sites (tertiary alicyclic amines) is 1. The fourth-order valence-corrected chi connectivity index (χ4v) is 3.69. The Morgan fingerprint density at radius 1 is 1.31 bits per heavy atom. The third-order valence-electron chi connectivity index (χ3n) is 5.72. The molecule has 1 aromatic rings. The van der Waals surface area contributed by atoms with Crippen molar-refractivity contribution in [3.8, 4) is 11.5 Å². The monoisotopic (exact) mass is 361 g/mol. The van der Waals surface area contributed by atoms with Crippen LogP contribution in [0.1, 0.15) is 31.2 Å². The van der Waals surface area contributed by atoms with E-state index in [0.717, 1.165) is 63.2 Å². The molecule has 2 fully saturated rings. The lowest BCUT2D eigenvalue weighted by molar-refractivity contribution is -0.135. The smallest absolute Gasteiger partial charge is 0.242 e. The molecule has 2 aliphatic rings. The number of nitrogens with two attached hydrogens (primary N) is 1. The molecule has 6 nitrogen and oxygen atoms in total. The summed E-state index contributed by atoms with van der Waals surface area (Å²) in [5.74, 6) is 1.66. The predicted molar refractivity (Wildman–Crippen MR) is 102 cm³/mol. The molecule has 1 amide bonds. The van der Waals surface area contributed by atoms with Crippen molar-refractivity contribution in [3.05, 3.63) is 23.8 Å². The normalized spacial score (nSPS) is 21.6. The average molecular weight is 361 g/mol. The van der Waals surface area contributed by atoms with Crippen LogP contribution in [0, 0.1) is 0 Å². The van der Waals surface area contributed by atoms with Gasteiger partial charge in [0.15, 0.2) is 11.5 Å². The zero-order chi connectivity index (χ0) is 18.7. The van der Waals surface area contributed by atoms with Crippen LogP contribution in [0.5, 0.6) is 11.5 Å². The lowest BCUT2D eigenvalue weighted by Gasteiger charge is -2.38. The van der Waals surface area contributed by atoms with E-state index >= 15 is 0 Å². The Labute approximate surface area is 156 Å². The summed E-state index contributed by atoms with van der Waals surface area (Å²) in [6.07, 6.45) is 4.78. The average Bonchev–Trinajstić information content (AvgIpc) is 3.43. The van der Waals surface area contributed by atoms with E-state index in [-0.39, 0.29) is 5.91 Å². The van der Waals surface area contributed by atoms with Crippen LogP contribution in [-0.4, -0.2) is 68.2 Å². The van der Waals surface area contributed by atoms with Crippen LogP contribution < -0.4 is 15.2 Å². The minimum atomic E-state index is -0.555. The van der Waals surface area contributed by atoms with Crippen molar-refractivity contribution < 1.29 is 14.3 Å². The number of benzene rings is 1. The molecule has 1 aromatic carbocycles. The Kier molecular flexibility index (Phi) is 5.73. The molecule has 0 unspecified atom stereocenters. The summed E-state index contributed by atoms with van der Waals surface area (Å²) in [6, 6.07) is 6.47. The highest BCUT2D eigenvalue weighted by Crippen LogP contribution is 2.35. The molecule has 1 saturated carbocycles. The second kappa shape index (κ2) is 7.84. The van der Waals surface area contributed by atoms with Gasteiger partial charge in [0.2, 0.25) is 5.91 Å². The number of amides is 1. The molecule has 0 radical (unpaired) electrons. The Morgan fingerprint density at radius 3 is 2.69 bits per heavy atom. The largest absolute Gasteiger partial charge is 0.493 e. The molecule has 1 heterocycles. The Balaban J connectivity index is 1.54. The van der Waals surface area contributed by atoms with E-state index in [1.807, 2.05) is 17.0 Å². The number of hydrogen-bond donors (Lipinski definition) is 1. The SMILES string of the molecule is COc1ccc(CCN(C)[C@@H]2CCCN(C(=O)C3(N)CC3)C2)cc1OC. The molecule has 1 aliphatic heterocycles. The van der Waals surface area contributed by atoms with E-state index in [4.69, 9.17) is 15.2 Å². The van der Waals surface area contributed by atoms with E-state index in [2.05, 4.69) is 18.0 Å². The minimum absolute atomic E-state index is 0.149. The van der Waals surface area contributed by atoms with Crippen molar-refractivity contribution in [2.75, 3.05) is 40.9 Å². The molecule has 1 atom stereocenters. The van der Waals surface area contributed by atoms with Crippen LogP contribution in [0.15, 0.2) is 18.2 Å². The first kappa shape index (κ1) is 19.0. The van der Waals surface area contributed by atoms with Gasteiger partial charge in [-0.1, -0.05) is 6.07 Å². The molecule has 1 aliphatic carbocycles. The zero-order valence-electron chi connectivity index (χ0n) is 16.2. The Hall–Kier alpha value is -1.79. The number of ether oxygens (including phenoxy) is 2. The van der Waals surface area contributed by atoms with Gasteiger partial charge in [-0.25, -0.2) is 0 Å². The zero-order valence-corrected chi connectivity index (χ0v) is 16.2. The second-order valence-electron chi connectivity index (χ2n) is 7.62. The number of likely N-dealkylation sites (N-methyl/N-ethyl adjacent to an activating group) is 1.